The van der Waals surface area contributed by atoms with Gasteiger partial charge in [0.1, 0.15) is 0 Å². The van der Waals surface area contributed by atoms with E-state index in [1.54, 1.807) is 0 Å². The molecule has 3 heterocycles. The summed E-state index contributed by atoms with van der Waals surface area (Å²) in [6.45, 7) is 35.1. The molecular weight excluding hydrogens is 996 g/mol. The molecule has 1 aromatic heterocycles. The second-order valence-electron chi connectivity index (χ2n) is 28.4. The molecule has 0 atom stereocenters. The van der Waals surface area contributed by atoms with Crippen molar-refractivity contribution in [1.29, 1.82) is 0 Å². The summed E-state index contributed by atoms with van der Waals surface area (Å²) < 4.78 is 2.72. The Morgan fingerprint density at radius 2 is 1.00 bits per heavy atom. The van der Waals surface area contributed by atoms with E-state index in [1.807, 2.05) is 11.3 Å². The first-order chi connectivity index (χ1) is 38.4. The van der Waals surface area contributed by atoms with Crippen LogP contribution in [0.25, 0.3) is 43.5 Å². The molecule has 4 aliphatic rings. The van der Waals surface area contributed by atoms with Crippen molar-refractivity contribution in [3.8, 4) is 33.4 Å². The standard InChI is InChI=1S/C77H75BN2S/c1-45(2)47-27-33-52(34-28-47)80-67-40-46(3)39-66-70(67)78(64-38-29-48(69-60(75(10,11)12)25-20-26-61(69)76(13,14)15)41-65(64)79(66)51-35-30-49(31-36-51)73(4,5)6)72-71(80)57-43-56-55-37-32-50(74(7,8)9)42-62(55)77(63(56)44-68(57)81-72)58-23-18-16-21-53(58)54-22-17-19-24-59(54)77/h16-45H,1-15H3. The van der Waals surface area contributed by atoms with Crippen molar-refractivity contribution in [2.75, 3.05) is 9.80 Å². The van der Waals surface area contributed by atoms with Gasteiger partial charge in [-0.05, 0) is 189 Å². The Balaban J connectivity index is 1.09. The Hall–Kier alpha value is -7.40. The third-order valence-electron chi connectivity index (χ3n) is 18.7. The largest absolute Gasteiger partial charge is 0.311 e. The highest BCUT2D eigenvalue weighted by atomic mass is 32.1. The summed E-state index contributed by atoms with van der Waals surface area (Å²) in [6.07, 6.45) is 0. The summed E-state index contributed by atoms with van der Waals surface area (Å²) in [4.78, 5) is 5.29. The number of aryl methyl sites for hydroxylation is 1. The van der Waals surface area contributed by atoms with Gasteiger partial charge in [-0.15, -0.1) is 11.3 Å². The summed E-state index contributed by atoms with van der Waals surface area (Å²) in [5.74, 6) is 0.420. The van der Waals surface area contributed by atoms with Crippen molar-refractivity contribution in [2.45, 2.75) is 137 Å². The van der Waals surface area contributed by atoms with E-state index in [4.69, 9.17) is 0 Å². The van der Waals surface area contributed by atoms with Crippen molar-refractivity contribution in [1.82, 2.24) is 0 Å². The van der Waals surface area contributed by atoms with Crippen molar-refractivity contribution in [3.05, 3.63) is 232 Å². The van der Waals surface area contributed by atoms with Crippen LogP contribution < -0.4 is 25.5 Å². The quantitative estimate of drug-likeness (QED) is 0.162. The number of anilines is 6. The van der Waals surface area contributed by atoms with Crippen LogP contribution in [0.3, 0.4) is 0 Å². The molecule has 14 rings (SSSR count). The molecule has 0 fully saturated rings. The van der Waals surface area contributed by atoms with Gasteiger partial charge in [0.2, 0.25) is 0 Å². The molecule has 4 heteroatoms. The second-order valence-corrected chi connectivity index (χ2v) is 29.5. The molecule has 2 aliphatic heterocycles. The average molecular weight is 1070 g/mol. The lowest BCUT2D eigenvalue weighted by atomic mass is 9.36. The maximum Gasteiger partial charge on any atom is 0.264 e. The van der Waals surface area contributed by atoms with Gasteiger partial charge in [-0.25, -0.2) is 0 Å². The molecule has 0 saturated carbocycles. The van der Waals surface area contributed by atoms with Crippen LogP contribution in [0.5, 0.6) is 0 Å². The molecule has 0 N–H and O–H groups in total. The maximum absolute atomic E-state index is 2.66. The number of thiophene rings is 1. The normalized spacial score (nSPS) is 14.7. The number of hydrogen-bond donors (Lipinski definition) is 0. The smallest absolute Gasteiger partial charge is 0.264 e. The fraction of sp³-hybridized carbons (Fsp3) is 0.273. The number of nitrogens with zero attached hydrogens (tertiary/aromatic N) is 2. The molecule has 0 radical (unpaired) electrons. The molecule has 0 saturated heterocycles. The molecule has 0 bridgehead atoms. The van der Waals surface area contributed by atoms with Gasteiger partial charge in [0.25, 0.3) is 6.71 Å². The fourth-order valence-corrected chi connectivity index (χ4v) is 16.0. The van der Waals surface area contributed by atoms with Crippen LogP contribution in [0.15, 0.2) is 176 Å². The predicted molar refractivity (Wildman–Crippen MR) is 351 cm³/mol. The average Bonchev–Trinajstić information content (AvgIpc) is 3.00. The van der Waals surface area contributed by atoms with E-state index in [0.29, 0.717) is 5.92 Å². The van der Waals surface area contributed by atoms with E-state index in [1.165, 1.54) is 149 Å². The highest BCUT2D eigenvalue weighted by Gasteiger charge is 2.53. The van der Waals surface area contributed by atoms with Gasteiger partial charge in [0, 0.05) is 43.3 Å². The molecule has 10 aromatic rings. The zero-order chi connectivity index (χ0) is 56.6. The Labute approximate surface area is 486 Å². The van der Waals surface area contributed by atoms with Crippen LogP contribution in [0, 0.1) is 6.92 Å². The molecule has 402 valence electrons. The van der Waals surface area contributed by atoms with E-state index in [0.717, 1.165) is 0 Å². The summed E-state index contributed by atoms with van der Waals surface area (Å²) in [5.41, 5.74) is 31.1. The zero-order valence-electron chi connectivity index (χ0n) is 50.2. The number of benzene rings is 9. The van der Waals surface area contributed by atoms with E-state index in [2.05, 4.69) is 290 Å². The molecule has 0 unspecified atom stereocenters. The highest BCUT2D eigenvalue weighted by Crippen LogP contribution is 2.64. The van der Waals surface area contributed by atoms with Gasteiger partial charge in [-0.3, -0.25) is 0 Å². The Morgan fingerprint density at radius 1 is 0.457 bits per heavy atom. The lowest BCUT2D eigenvalue weighted by Crippen LogP contribution is -2.60. The monoisotopic (exact) mass is 1070 g/mol. The van der Waals surface area contributed by atoms with Crippen LogP contribution in [0.1, 0.15) is 158 Å². The lowest BCUT2D eigenvalue weighted by Gasteiger charge is -2.43. The molecular formula is C77H75BN2S. The number of fused-ring (bicyclic) bond motifs is 16. The van der Waals surface area contributed by atoms with Crippen molar-refractivity contribution >= 4 is 78.0 Å². The first kappa shape index (κ1) is 51.7. The van der Waals surface area contributed by atoms with Gasteiger partial charge in [-0.2, -0.15) is 0 Å². The first-order valence-corrected chi connectivity index (χ1v) is 30.5. The molecule has 0 amide bonds. The van der Waals surface area contributed by atoms with E-state index in [9.17, 15) is 0 Å². The highest BCUT2D eigenvalue weighted by molar-refractivity contribution is 7.33. The van der Waals surface area contributed by atoms with Crippen LogP contribution >= 0.6 is 11.3 Å². The number of rotatable bonds is 4. The maximum atomic E-state index is 2.66. The minimum Gasteiger partial charge on any atom is -0.311 e. The van der Waals surface area contributed by atoms with E-state index < -0.39 is 5.41 Å². The molecule has 2 nitrogen and oxygen atoms in total. The molecule has 1 spiro atoms. The minimum absolute atomic E-state index is 0.0180. The van der Waals surface area contributed by atoms with Gasteiger partial charge >= 0.3 is 0 Å². The summed E-state index contributed by atoms with van der Waals surface area (Å²) >= 11 is 2.02. The third-order valence-corrected chi connectivity index (χ3v) is 19.9. The molecule has 81 heavy (non-hydrogen) atoms. The Kier molecular flexibility index (Phi) is 11.2. The van der Waals surface area contributed by atoms with E-state index in [-0.39, 0.29) is 28.4 Å². The predicted octanol–water partition coefficient (Wildman–Crippen LogP) is 19.6. The van der Waals surface area contributed by atoms with Crippen LogP contribution in [0.4, 0.5) is 34.1 Å². The van der Waals surface area contributed by atoms with Gasteiger partial charge < -0.3 is 9.80 Å². The molecule has 9 aromatic carbocycles. The van der Waals surface area contributed by atoms with Crippen molar-refractivity contribution in [3.63, 3.8) is 0 Å². The minimum atomic E-state index is -0.469. The van der Waals surface area contributed by atoms with Crippen LogP contribution in [-0.2, 0) is 27.1 Å². The Bertz CT molecular complexity index is 4180. The van der Waals surface area contributed by atoms with Gasteiger partial charge in [-0.1, -0.05) is 218 Å². The summed E-state index contributed by atoms with van der Waals surface area (Å²) in [7, 11) is 0. The lowest BCUT2D eigenvalue weighted by molar-refractivity contribution is 0.572. The van der Waals surface area contributed by atoms with Crippen LogP contribution in [-0.4, -0.2) is 6.71 Å². The fourth-order valence-electron chi connectivity index (χ4n) is 14.6. The molecule has 2 aliphatic carbocycles. The summed E-state index contributed by atoms with van der Waals surface area (Å²) in [5, 5.41) is 1.31. The van der Waals surface area contributed by atoms with Crippen LogP contribution in [0.2, 0.25) is 0 Å². The Morgan fingerprint density at radius 3 is 1.59 bits per heavy atom. The second kappa shape index (κ2) is 17.6. The van der Waals surface area contributed by atoms with E-state index >= 15 is 0 Å². The topological polar surface area (TPSA) is 6.48 Å². The third kappa shape index (κ3) is 7.57. The van der Waals surface area contributed by atoms with Crippen molar-refractivity contribution in [2.24, 2.45) is 0 Å². The summed E-state index contributed by atoms with van der Waals surface area (Å²) in [6, 6.07) is 69.8. The van der Waals surface area contributed by atoms with Crippen molar-refractivity contribution < 1.29 is 0 Å². The zero-order valence-corrected chi connectivity index (χ0v) is 51.0. The number of hydrogen-bond acceptors (Lipinski definition) is 3. The van der Waals surface area contributed by atoms with Gasteiger partial charge in [0.05, 0.1) is 11.1 Å². The first-order valence-electron chi connectivity index (χ1n) is 29.6. The van der Waals surface area contributed by atoms with Gasteiger partial charge in [0.15, 0.2) is 0 Å². The SMILES string of the molecule is Cc1cc2c3c(c1)N(c1ccc(C(C)C)cc1)c1c(sc4cc5c(cc14)-c1ccc(C(C)(C)C)cc1C51c4ccccc4-c4ccccc41)B3c1ccc(-c3c(C(C)(C)C)cccc3C(C)(C)C)cc1N2c1ccc(C(C)(C)C)cc1.